The lowest BCUT2D eigenvalue weighted by molar-refractivity contribution is 0.543. The van der Waals surface area contributed by atoms with Crippen LogP contribution in [0.1, 0.15) is 64.2 Å². The summed E-state index contributed by atoms with van der Waals surface area (Å²) >= 11 is 0. The van der Waals surface area contributed by atoms with E-state index in [0.717, 1.165) is 30.1 Å². The summed E-state index contributed by atoms with van der Waals surface area (Å²) in [5, 5.41) is 1.24. The van der Waals surface area contributed by atoms with Gasteiger partial charge in [-0.25, -0.2) is 9.97 Å². The summed E-state index contributed by atoms with van der Waals surface area (Å²) in [5.41, 5.74) is 6.29. The first-order chi connectivity index (χ1) is 15.7. The van der Waals surface area contributed by atoms with Crippen molar-refractivity contribution in [3.63, 3.8) is 0 Å². The van der Waals surface area contributed by atoms with E-state index in [1.807, 2.05) is 57.2 Å². The minimum Gasteiger partial charge on any atom is -0.329 e. The molecule has 170 valence electrons. The number of benzene rings is 2. The molecule has 0 fully saturated rings. The van der Waals surface area contributed by atoms with Gasteiger partial charge in [0.2, 0.25) is 0 Å². The van der Waals surface area contributed by atoms with Gasteiger partial charge in [0.25, 0.3) is 0 Å². The summed E-state index contributed by atoms with van der Waals surface area (Å²) in [4.78, 5) is 9.35. The van der Waals surface area contributed by atoms with Gasteiger partial charge in [0.05, 0.1) is 5.69 Å². The Labute approximate surface area is 194 Å². The SMILES string of the molecule is CC.CCC.Cc1nc(C)c2c(-c3ccccc3)c3n(c2n1)CCCC3.c1ccccc1. The van der Waals surface area contributed by atoms with Crippen LogP contribution in [0.3, 0.4) is 0 Å². The second-order valence-corrected chi connectivity index (χ2v) is 7.71. The largest absolute Gasteiger partial charge is 0.329 e. The van der Waals surface area contributed by atoms with Crippen LogP contribution in [0.2, 0.25) is 0 Å². The quantitative estimate of drug-likeness (QED) is 0.305. The van der Waals surface area contributed by atoms with Gasteiger partial charge in [0.15, 0.2) is 0 Å². The van der Waals surface area contributed by atoms with E-state index in [9.17, 15) is 0 Å². The molecule has 0 atom stereocenters. The molecule has 0 radical (unpaired) electrons. The molecular weight excluding hydrogens is 390 g/mol. The van der Waals surface area contributed by atoms with E-state index in [4.69, 9.17) is 4.98 Å². The van der Waals surface area contributed by atoms with E-state index < -0.39 is 0 Å². The predicted molar refractivity (Wildman–Crippen MR) is 139 cm³/mol. The zero-order chi connectivity index (χ0) is 23.3. The average molecular weight is 430 g/mol. The highest BCUT2D eigenvalue weighted by molar-refractivity contribution is 5.98. The average Bonchev–Trinajstić information content (AvgIpc) is 3.18. The predicted octanol–water partition coefficient (Wildman–Crippen LogP) is 8.18. The van der Waals surface area contributed by atoms with E-state index in [-0.39, 0.29) is 0 Å². The van der Waals surface area contributed by atoms with Crippen molar-refractivity contribution in [1.82, 2.24) is 14.5 Å². The molecule has 0 spiro atoms. The third kappa shape index (κ3) is 6.29. The van der Waals surface area contributed by atoms with Crippen molar-refractivity contribution < 1.29 is 0 Å². The molecular formula is C29H39N3. The molecule has 1 aliphatic heterocycles. The second kappa shape index (κ2) is 13.5. The molecule has 0 bridgehead atoms. The lowest BCUT2D eigenvalue weighted by Gasteiger charge is -2.16. The lowest BCUT2D eigenvalue weighted by atomic mass is 9.98. The third-order valence-corrected chi connectivity index (χ3v) is 5.08. The van der Waals surface area contributed by atoms with Crippen molar-refractivity contribution in [1.29, 1.82) is 0 Å². The van der Waals surface area contributed by atoms with Gasteiger partial charge in [0, 0.05) is 23.2 Å². The van der Waals surface area contributed by atoms with E-state index >= 15 is 0 Å². The Kier molecular flexibility index (Phi) is 10.7. The summed E-state index contributed by atoms with van der Waals surface area (Å²) in [6.07, 6.45) is 4.90. The molecule has 0 saturated heterocycles. The summed E-state index contributed by atoms with van der Waals surface area (Å²) in [6.45, 7) is 13.4. The summed E-state index contributed by atoms with van der Waals surface area (Å²) in [5.74, 6) is 0.866. The Morgan fingerprint density at radius 2 is 1.31 bits per heavy atom. The first-order valence-corrected chi connectivity index (χ1v) is 12.1. The van der Waals surface area contributed by atoms with Gasteiger partial charge in [-0.1, -0.05) is 101 Å². The monoisotopic (exact) mass is 429 g/mol. The van der Waals surface area contributed by atoms with E-state index in [1.165, 1.54) is 41.5 Å². The van der Waals surface area contributed by atoms with Crippen LogP contribution in [-0.2, 0) is 13.0 Å². The van der Waals surface area contributed by atoms with Crippen LogP contribution >= 0.6 is 0 Å². The molecule has 5 rings (SSSR count). The number of rotatable bonds is 1. The van der Waals surface area contributed by atoms with Gasteiger partial charge in [-0.2, -0.15) is 0 Å². The van der Waals surface area contributed by atoms with Crippen molar-refractivity contribution in [3.05, 3.63) is 83.9 Å². The Hall–Kier alpha value is -2.94. The molecule has 0 N–H and O–H groups in total. The maximum Gasteiger partial charge on any atom is 0.144 e. The molecule has 3 heteroatoms. The van der Waals surface area contributed by atoms with Crippen molar-refractivity contribution in [2.24, 2.45) is 0 Å². The number of fused-ring (bicyclic) bond motifs is 3. The Morgan fingerprint density at radius 3 is 1.88 bits per heavy atom. The topological polar surface area (TPSA) is 30.7 Å². The Balaban J connectivity index is 0.000000277. The molecule has 4 aromatic rings. The Morgan fingerprint density at radius 1 is 0.781 bits per heavy atom. The normalized spacial score (nSPS) is 11.7. The minimum absolute atomic E-state index is 0.866. The molecule has 0 unspecified atom stereocenters. The van der Waals surface area contributed by atoms with E-state index in [0.29, 0.717) is 0 Å². The summed E-state index contributed by atoms with van der Waals surface area (Å²) in [6, 6.07) is 22.7. The highest BCUT2D eigenvalue weighted by Crippen LogP contribution is 2.38. The maximum atomic E-state index is 4.75. The molecule has 3 heterocycles. The van der Waals surface area contributed by atoms with Crippen LogP contribution in [-0.4, -0.2) is 14.5 Å². The van der Waals surface area contributed by atoms with Crippen LogP contribution in [0, 0.1) is 13.8 Å². The standard InChI is InChI=1S/C18H19N3.C6H6.C3H8.C2H6/c1-12-16-17(14-8-4-3-5-9-14)15-10-6-7-11-21(15)18(16)20-13(2)19-12;1-2-4-6-5-3-1;1-3-2;1-2/h3-5,8-9H,6-7,10-11H2,1-2H3;1-6H;3H2,1-2H3;1-2H3. The van der Waals surface area contributed by atoms with E-state index in [1.54, 1.807) is 0 Å². The summed E-state index contributed by atoms with van der Waals surface area (Å²) in [7, 11) is 0. The fourth-order valence-electron chi connectivity index (χ4n) is 3.95. The van der Waals surface area contributed by atoms with Gasteiger partial charge < -0.3 is 4.57 Å². The smallest absolute Gasteiger partial charge is 0.144 e. The van der Waals surface area contributed by atoms with Crippen molar-refractivity contribution in [2.75, 3.05) is 0 Å². The van der Waals surface area contributed by atoms with Crippen molar-refractivity contribution in [3.8, 4) is 11.1 Å². The summed E-state index contributed by atoms with van der Waals surface area (Å²) < 4.78 is 2.42. The van der Waals surface area contributed by atoms with Crippen LogP contribution in [0.25, 0.3) is 22.2 Å². The molecule has 0 aliphatic carbocycles. The van der Waals surface area contributed by atoms with Crippen LogP contribution in [0.4, 0.5) is 0 Å². The van der Waals surface area contributed by atoms with Crippen LogP contribution in [0.5, 0.6) is 0 Å². The fourth-order valence-corrected chi connectivity index (χ4v) is 3.95. The molecule has 2 aromatic carbocycles. The maximum absolute atomic E-state index is 4.75. The number of nitrogens with zero attached hydrogens (tertiary/aromatic N) is 3. The molecule has 1 aliphatic rings. The molecule has 0 saturated carbocycles. The van der Waals surface area contributed by atoms with Gasteiger partial charge >= 0.3 is 0 Å². The van der Waals surface area contributed by atoms with Gasteiger partial charge in [0.1, 0.15) is 11.5 Å². The number of hydrogen-bond donors (Lipinski definition) is 0. The number of aromatic nitrogens is 3. The van der Waals surface area contributed by atoms with E-state index in [2.05, 4.69) is 60.7 Å². The molecule has 32 heavy (non-hydrogen) atoms. The third-order valence-electron chi connectivity index (χ3n) is 5.08. The van der Waals surface area contributed by atoms with Crippen molar-refractivity contribution >= 4 is 11.0 Å². The first kappa shape index (κ1) is 25.3. The van der Waals surface area contributed by atoms with Crippen LogP contribution < -0.4 is 0 Å². The lowest BCUT2D eigenvalue weighted by Crippen LogP contribution is -2.10. The molecule has 0 amide bonds. The molecule has 3 nitrogen and oxygen atoms in total. The second-order valence-electron chi connectivity index (χ2n) is 7.71. The highest BCUT2D eigenvalue weighted by atomic mass is 15.1. The first-order valence-electron chi connectivity index (χ1n) is 12.1. The Bertz CT molecular complexity index is 1020. The van der Waals surface area contributed by atoms with Gasteiger partial charge in [-0.3, -0.25) is 0 Å². The van der Waals surface area contributed by atoms with Crippen molar-refractivity contribution in [2.45, 2.75) is 73.8 Å². The highest BCUT2D eigenvalue weighted by Gasteiger charge is 2.23. The van der Waals surface area contributed by atoms with Crippen LogP contribution in [0.15, 0.2) is 66.7 Å². The zero-order valence-corrected chi connectivity index (χ0v) is 20.7. The fraction of sp³-hybridized carbons (Fsp3) is 0.379. The van der Waals surface area contributed by atoms with Gasteiger partial charge in [-0.15, -0.1) is 0 Å². The van der Waals surface area contributed by atoms with Gasteiger partial charge in [-0.05, 0) is 38.7 Å². The number of aryl methyl sites for hydroxylation is 3. The number of hydrogen-bond acceptors (Lipinski definition) is 2. The zero-order valence-electron chi connectivity index (χ0n) is 20.7. The molecule has 2 aromatic heterocycles. The minimum atomic E-state index is 0.866.